The predicted molar refractivity (Wildman–Crippen MR) is 97.3 cm³/mol. The largest absolute Gasteiger partial charge is 0.416 e. The summed E-state index contributed by atoms with van der Waals surface area (Å²) in [6.07, 6.45) is -3.61. The lowest BCUT2D eigenvalue weighted by Gasteiger charge is -2.13. The van der Waals surface area contributed by atoms with Crippen LogP contribution in [0, 0.1) is 0 Å². The van der Waals surface area contributed by atoms with E-state index in [4.69, 9.17) is 0 Å². The Bertz CT molecular complexity index is 982. The Labute approximate surface area is 152 Å². The molecule has 2 aromatic carbocycles. The van der Waals surface area contributed by atoms with Crippen molar-refractivity contribution in [2.45, 2.75) is 37.0 Å². The van der Waals surface area contributed by atoms with E-state index in [1.807, 2.05) is 6.92 Å². The van der Waals surface area contributed by atoms with E-state index in [1.165, 1.54) is 17.8 Å². The predicted octanol–water partition coefficient (Wildman–Crippen LogP) is 5.12. The number of aromatic nitrogens is 2. The van der Waals surface area contributed by atoms with E-state index in [0.29, 0.717) is 33.9 Å². The lowest BCUT2D eigenvalue weighted by Crippen LogP contribution is -2.23. The molecule has 0 fully saturated rings. The summed E-state index contributed by atoms with van der Waals surface area (Å²) in [6, 6.07) is 12.3. The number of thioether (sulfide) groups is 1. The third kappa shape index (κ3) is 3.93. The molecule has 0 saturated carbocycles. The van der Waals surface area contributed by atoms with Gasteiger partial charge in [-0.25, -0.2) is 4.98 Å². The summed E-state index contributed by atoms with van der Waals surface area (Å²) in [5, 5.41) is 1.07. The molecule has 0 radical (unpaired) electrons. The molecule has 3 rings (SSSR count). The first-order valence-electron chi connectivity index (χ1n) is 8.18. The van der Waals surface area contributed by atoms with Crippen LogP contribution in [0.3, 0.4) is 0 Å². The highest BCUT2D eigenvalue weighted by Crippen LogP contribution is 2.31. The number of fused-ring (bicyclic) bond motifs is 1. The molecular weight excluding hydrogens is 361 g/mol. The molecule has 0 amide bonds. The fourth-order valence-corrected chi connectivity index (χ4v) is 3.63. The van der Waals surface area contributed by atoms with Crippen LogP contribution in [0.1, 0.15) is 24.5 Å². The summed E-state index contributed by atoms with van der Waals surface area (Å²) < 4.78 is 40.2. The topological polar surface area (TPSA) is 34.9 Å². The maximum Gasteiger partial charge on any atom is 0.416 e. The number of rotatable bonds is 5. The summed E-state index contributed by atoms with van der Waals surface area (Å²) in [5.74, 6) is 0.304. The van der Waals surface area contributed by atoms with Gasteiger partial charge in [-0.1, -0.05) is 49.0 Å². The number of alkyl halides is 3. The zero-order valence-corrected chi connectivity index (χ0v) is 14.9. The molecule has 0 spiro atoms. The van der Waals surface area contributed by atoms with Crippen molar-refractivity contribution >= 4 is 22.7 Å². The van der Waals surface area contributed by atoms with Crippen molar-refractivity contribution in [1.29, 1.82) is 0 Å². The Morgan fingerprint density at radius 2 is 1.88 bits per heavy atom. The second-order valence-electron chi connectivity index (χ2n) is 5.86. The average Bonchev–Trinajstić information content (AvgIpc) is 2.62. The van der Waals surface area contributed by atoms with Gasteiger partial charge in [0.1, 0.15) is 0 Å². The van der Waals surface area contributed by atoms with E-state index >= 15 is 0 Å². The van der Waals surface area contributed by atoms with Gasteiger partial charge in [0.15, 0.2) is 5.16 Å². The SMILES string of the molecule is CCCn1c(SCc2cccc(C(F)(F)F)c2)nc2ccccc2c1=O. The summed E-state index contributed by atoms with van der Waals surface area (Å²) in [4.78, 5) is 17.2. The molecule has 0 N–H and O–H groups in total. The van der Waals surface area contributed by atoms with E-state index in [2.05, 4.69) is 4.98 Å². The fraction of sp³-hybridized carbons (Fsp3) is 0.263. The molecule has 7 heteroatoms. The summed E-state index contributed by atoms with van der Waals surface area (Å²) in [7, 11) is 0. The van der Waals surface area contributed by atoms with Gasteiger partial charge in [0, 0.05) is 12.3 Å². The minimum absolute atomic E-state index is 0.121. The van der Waals surface area contributed by atoms with Gasteiger partial charge in [0.05, 0.1) is 16.5 Å². The molecule has 0 saturated heterocycles. The molecule has 26 heavy (non-hydrogen) atoms. The van der Waals surface area contributed by atoms with E-state index in [1.54, 1.807) is 34.9 Å². The number of nitrogens with zero attached hydrogens (tertiary/aromatic N) is 2. The van der Waals surface area contributed by atoms with Crippen LogP contribution in [0.2, 0.25) is 0 Å². The molecular formula is C19H17F3N2OS. The van der Waals surface area contributed by atoms with Gasteiger partial charge in [-0.2, -0.15) is 13.2 Å². The second kappa shape index (κ2) is 7.53. The van der Waals surface area contributed by atoms with Crippen molar-refractivity contribution in [2.75, 3.05) is 0 Å². The molecule has 0 bridgehead atoms. The number of halogens is 3. The van der Waals surface area contributed by atoms with Crippen LogP contribution in [0.15, 0.2) is 58.5 Å². The molecule has 1 heterocycles. The lowest BCUT2D eigenvalue weighted by atomic mass is 10.1. The van der Waals surface area contributed by atoms with Crippen LogP contribution in [-0.2, 0) is 18.5 Å². The Kier molecular flexibility index (Phi) is 5.36. The van der Waals surface area contributed by atoms with Crippen LogP contribution < -0.4 is 5.56 Å². The molecule has 136 valence electrons. The number of hydrogen-bond acceptors (Lipinski definition) is 3. The van der Waals surface area contributed by atoms with Crippen molar-refractivity contribution in [1.82, 2.24) is 9.55 Å². The van der Waals surface area contributed by atoms with E-state index in [0.717, 1.165) is 18.6 Å². The molecule has 1 aromatic heterocycles. The molecule has 0 unspecified atom stereocenters. The number of benzene rings is 2. The van der Waals surface area contributed by atoms with E-state index in [9.17, 15) is 18.0 Å². The third-order valence-corrected chi connectivity index (χ3v) is 4.94. The monoisotopic (exact) mass is 378 g/mol. The zero-order valence-electron chi connectivity index (χ0n) is 14.1. The van der Waals surface area contributed by atoms with Gasteiger partial charge in [0.2, 0.25) is 0 Å². The molecule has 0 aliphatic heterocycles. The summed E-state index contributed by atoms with van der Waals surface area (Å²) >= 11 is 1.27. The Morgan fingerprint density at radius 3 is 2.62 bits per heavy atom. The van der Waals surface area contributed by atoms with Crippen LogP contribution in [0.25, 0.3) is 10.9 Å². The normalized spacial score (nSPS) is 11.8. The quantitative estimate of drug-likeness (QED) is 0.457. The van der Waals surface area contributed by atoms with Crippen molar-refractivity contribution in [2.24, 2.45) is 0 Å². The Hall–Kier alpha value is -2.28. The molecule has 3 aromatic rings. The van der Waals surface area contributed by atoms with E-state index in [-0.39, 0.29) is 5.56 Å². The fourth-order valence-electron chi connectivity index (χ4n) is 2.66. The highest BCUT2D eigenvalue weighted by atomic mass is 32.2. The van der Waals surface area contributed by atoms with E-state index < -0.39 is 11.7 Å². The Morgan fingerprint density at radius 1 is 1.12 bits per heavy atom. The number of hydrogen-bond donors (Lipinski definition) is 0. The zero-order chi connectivity index (χ0) is 18.7. The van der Waals surface area contributed by atoms with Crippen molar-refractivity contribution in [3.05, 3.63) is 70.0 Å². The highest BCUT2D eigenvalue weighted by Gasteiger charge is 2.30. The molecule has 0 atom stereocenters. The van der Waals surface area contributed by atoms with Crippen molar-refractivity contribution in [3.8, 4) is 0 Å². The minimum Gasteiger partial charge on any atom is -0.287 e. The molecule has 3 nitrogen and oxygen atoms in total. The van der Waals surface area contributed by atoms with Gasteiger partial charge in [-0.05, 0) is 30.2 Å². The lowest BCUT2D eigenvalue weighted by molar-refractivity contribution is -0.137. The van der Waals surface area contributed by atoms with Gasteiger partial charge < -0.3 is 0 Å². The van der Waals surface area contributed by atoms with Crippen molar-refractivity contribution in [3.63, 3.8) is 0 Å². The average molecular weight is 378 g/mol. The standard InChI is InChI=1S/C19H17F3N2OS/c1-2-10-24-17(25)15-8-3-4-9-16(15)23-18(24)26-12-13-6-5-7-14(11-13)19(20,21)22/h3-9,11H,2,10,12H2,1H3. The first-order chi connectivity index (χ1) is 12.4. The Balaban J connectivity index is 1.94. The minimum atomic E-state index is -4.37. The van der Waals surface area contributed by atoms with Gasteiger partial charge in [-0.15, -0.1) is 0 Å². The maximum absolute atomic E-state index is 12.9. The van der Waals surface area contributed by atoms with Gasteiger partial charge in [-0.3, -0.25) is 9.36 Å². The molecule has 0 aliphatic rings. The summed E-state index contributed by atoms with van der Waals surface area (Å²) in [5.41, 5.74) is 0.337. The molecule has 0 aliphatic carbocycles. The smallest absolute Gasteiger partial charge is 0.287 e. The van der Waals surface area contributed by atoms with Crippen LogP contribution in [-0.4, -0.2) is 9.55 Å². The van der Waals surface area contributed by atoms with Crippen LogP contribution in [0.5, 0.6) is 0 Å². The number of para-hydroxylation sites is 1. The van der Waals surface area contributed by atoms with Crippen LogP contribution >= 0.6 is 11.8 Å². The van der Waals surface area contributed by atoms with Gasteiger partial charge >= 0.3 is 6.18 Å². The second-order valence-corrected chi connectivity index (χ2v) is 6.80. The van der Waals surface area contributed by atoms with Crippen molar-refractivity contribution < 1.29 is 13.2 Å². The first-order valence-corrected chi connectivity index (χ1v) is 9.17. The van der Waals surface area contributed by atoms with Crippen LogP contribution in [0.4, 0.5) is 13.2 Å². The van der Waals surface area contributed by atoms with Gasteiger partial charge in [0.25, 0.3) is 5.56 Å². The third-order valence-electron chi connectivity index (χ3n) is 3.90. The summed E-state index contributed by atoms with van der Waals surface area (Å²) in [6.45, 7) is 2.48. The highest BCUT2D eigenvalue weighted by molar-refractivity contribution is 7.98. The maximum atomic E-state index is 12.9. The first kappa shape index (κ1) is 18.5.